The molecule has 1 saturated carbocycles. The monoisotopic (exact) mass is 198 g/mol. The number of nitrogens with zero attached hydrogens (tertiary/aromatic N) is 1. The van der Waals surface area contributed by atoms with Crippen LogP contribution in [0.5, 0.6) is 0 Å². The van der Waals surface area contributed by atoms with E-state index in [0.717, 1.165) is 18.5 Å². The van der Waals surface area contributed by atoms with E-state index in [-0.39, 0.29) is 0 Å². The van der Waals surface area contributed by atoms with Crippen LogP contribution in [0.25, 0.3) is 0 Å². The molecule has 0 amide bonds. The second-order valence-corrected chi connectivity index (χ2v) is 4.85. The van der Waals surface area contributed by atoms with Crippen LogP contribution in [-0.4, -0.2) is 37.1 Å². The van der Waals surface area contributed by atoms with Crippen molar-refractivity contribution in [1.29, 1.82) is 0 Å². The van der Waals surface area contributed by atoms with Gasteiger partial charge in [-0.05, 0) is 46.1 Å². The fourth-order valence-electron chi connectivity index (χ4n) is 2.11. The van der Waals surface area contributed by atoms with Gasteiger partial charge in [-0.1, -0.05) is 6.92 Å². The van der Waals surface area contributed by atoms with Gasteiger partial charge in [0.25, 0.3) is 0 Å². The summed E-state index contributed by atoms with van der Waals surface area (Å²) in [6.45, 7) is 9.38. The average molecular weight is 198 g/mol. The topological polar surface area (TPSA) is 15.3 Å². The van der Waals surface area contributed by atoms with Crippen LogP contribution in [0.15, 0.2) is 0 Å². The highest BCUT2D eigenvalue weighted by Gasteiger charge is 2.28. The molecule has 1 aliphatic carbocycles. The van der Waals surface area contributed by atoms with Gasteiger partial charge in [0.1, 0.15) is 0 Å². The molecule has 0 aromatic carbocycles. The maximum atomic E-state index is 3.31. The van der Waals surface area contributed by atoms with E-state index in [2.05, 4.69) is 38.0 Å². The minimum absolute atomic E-state index is 0.689. The number of likely N-dealkylation sites (N-methyl/N-ethyl adjacent to an activating group) is 1. The maximum absolute atomic E-state index is 3.31. The molecule has 1 rings (SSSR count). The van der Waals surface area contributed by atoms with Crippen molar-refractivity contribution in [2.75, 3.05) is 20.1 Å². The van der Waals surface area contributed by atoms with Crippen LogP contribution >= 0.6 is 0 Å². The smallest absolute Gasteiger partial charge is 0.0220 e. The summed E-state index contributed by atoms with van der Waals surface area (Å²) < 4.78 is 0. The van der Waals surface area contributed by atoms with E-state index in [1.807, 2.05) is 0 Å². The van der Waals surface area contributed by atoms with E-state index in [1.54, 1.807) is 0 Å². The highest BCUT2D eigenvalue weighted by molar-refractivity contribution is 4.83. The van der Waals surface area contributed by atoms with Crippen LogP contribution < -0.4 is 5.32 Å². The van der Waals surface area contributed by atoms with Crippen molar-refractivity contribution < 1.29 is 0 Å². The zero-order valence-electron chi connectivity index (χ0n) is 10.2. The van der Waals surface area contributed by atoms with Crippen molar-refractivity contribution in [1.82, 2.24) is 10.2 Å². The third-order valence-corrected chi connectivity index (χ3v) is 3.21. The molecule has 2 nitrogen and oxygen atoms in total. The van der Waals surface area contributed by atoms with E-state index in [4.69, 9.17) is 0 Å². The molecule has 2 heteroatoms. The van der Waals surface area contributed by atoms with Gasteiger partial charge in [-0.3, -0.25) is 4.90 Å². The van der Waals surface area contributed by atoms with E-state index in [0.29, 0.717) is 6.04 Å². The molecule has 0 spiro atoms. The van der Waals surface area contributed by atoms with Crippen molar-refractivity contribution in [3.8, 4) is 0 Å². The molecule has 0 heterocycles. The summed E-state index contributed by atoms with van der Waals surface area (Å²) in [4.78, 5) is 2.67. The quantitative estimate of drug-likeness (QED) is 0.674. The lowest BCUT2D eigenvalue weighted by molar-refractivity contribution is 0.140. The number of rotatable bonds is 7. The fraction of sp³-hybridized carbons (Fsp3) is 1.00. The first-order chi connectivity index (χ1) is 6.69. The zero-order valence-corrected chi connectivity index (χ0v) is 10.2. The first-order valence-electron chi connectivity index (χ1n) is 6.09. The Labute approximate surface area is 89.1 Å². The Bertz CT molecular complexity index is 152. The summed E-state index contributed by atoms with van der Waals surface area (Å²) in [5, 5.41) is 3.31. The Morgan fingerprint density at radius 2 is 2.00 bits per heavy atom. The lowest BCUT2D eigenvalue weighted by atomic mass is 10.1. The van der Waals surface area contributed by atoms with Gasteiger partial charge in [-0.2, -0.15) is 0 Å². The van der Waals surface area contributed by atoms with Crippen molar-refractivity contribution in [3.05, 3.63) is 0 Å². The molecule has 84 valence electrons. The highest BCUT2D eigenvalue weighted by atomic mass is 15.2. The number of hydrogen-bond donors (Lipinski definition) is 1. The molecule has 0 bridgehead atoms. The first kappa shape index (κ1) is 12.0. The van der Waals surface area contributed by atoms with E-state index >= 15 is 0 Å². The predicted octanol–water partition coefficient (Wildman–Crippen LogP) is 2.10. The van der Waals surface area contributed by atoms with Crippen LogP contribution in [0.2, 0.25) is 0 Å². The minimum Gasteiger partial charge on any atom is -0.318 e. The lowest BCUT2D eigenvalue weighted by Crippen LogP contribution is -2.46. The Kier molecular flexibility index (Phi) is 4.90. The van der Waals surface area contributed by atoms with Crippen LogP contribution in [0.1, 0.15) is 40.0 Å². The molecular formula is C12H26N2. The molecule has 0 aromatic rings. The second-order valence-electron chi connectivity index (χ2n) is 4.85. The van der Waals surface area contributed by atoms with Gasteiger partial charge in [-0.25, -0.2) is 0 Å². The maximum Gasteiger partial charge on any atom is 0.0220 e. The molecule has 1 fully saturated rings. The van der Waals surface area contributed by atoms with Gasteiger partial charge in [-0.15, -0.1) is 0 Å². The highest BCUT2D eigenvalue weighted by Crippen LogP contribution is 2.31. The van der Waals surface area contributed by atoms with Crippen LogP contribution in [0.3, 0.4) is 0 Å². The van der Waals surface area contributed by atoms with Gasteiger partial charge in [0.05, 0.1) is 0 Å². The molecule has 1 atom stereocenters. The summed E-state index contributed by atoms with van der Waals surface area (Å²) in [6, 6.07) is 1.41. The average Bonchev–Trinajstić information content (AvgIpc) is 2.94. The van der Waals surface area contributed by atoms with Gasteiger partial charge in [0.2, 0.25) is 0 Å². The van der Waals surface area contributed by atoms with Crippen LogP contribution in [0.4, 0.5) is 0 Å². The van der Waals surface area contributed by atoms with Crippen molar-refractivity contribution in [3.63, 3.8) is 0 Å². The van der Waals surface area contributed by atoms with Crippen molar-refractivity contribution in [2.45, 2.75) is 52.1 Å². The Morgan fingerprint density at radius 3 is 2.36 bits per heavy atom. The molecule has 1 N–H and O–H groups in total. The Morgan fingerprint density at radius 1 is 1.36 bits per heavy atom. The number of hydrogen-bond acceptors (Lipinski definition) is 2. The third kappa shape index (κ3) is 3.58. The lowest BCUT2D eigenvalue weighted by Gasteiger charge is -2.34. The largest absolute Gasteiger partial charge is 0.318 e. The van der Waals surface area contributed by atoms with E-state index in [1.165, 1.54) is 25.8 Å². The van der Waals surface area contributed by atoms with E-state index < -0.39 is 0 Å². The summed E-state index contributed by atoms with van der Waals surface area (Å²) >= 11 is 0. The van der Waals surface area contributed by atoms with Crippen LogP contribution in [0, 0.1) is 5.92 Å². The summed E-state index contributed by atoms with van der Waals surface area (Å²) in [5.74, 6) is 1.00. The zero-order chi connectivity index (χ0) is 10.6. The summed E-state index contributed by atoms with van der Waals surface area (Å²) in [5.41, 5.74) is 0. The van der Waals surface area contributed by atoms with Gasteiger partial charge in [0, 0.05) is 25.2 Å². The number of nitrogens with one attached hydrogen (secondary N) is 1. The van der Waals surface area contributed by atoms with Crippen molar-refractivity contribution >= 4 is 0 Å². The second kappa shape index (κ2) is 5.72. The third-order valence-electron chi connectivity index (χ3n) is 3.21. The van der Waals surface area contributed by atoms with E-state index in [9.17, 15) is 0 Å². The van der Waals surface area contributed by atoms with Gasteiger partial charge < -0.3 is 5.32 Å². The minimum atomic E-state index is 0.689. The summed E-state index contributed by atoms with van der Waals surface area (Å²) in [7, 11) is 2.05. The molecule has 0 radical (unpaired) electrons. The van der Waals surface area contributed by atoms with Gasteiger partial charge in [0.15, 0.2) is 0 Å². The van der Waals surface area contributed by atoms with Crippen LogP contribution in [-0.2, 0) is 0 Å². The first-order valence-corrected chi connectivity index (χ1v) is 6.09. The van der Waals surface area contributed by atoms with Gasteiger partial charge >= 0.3 is 0 Å². The molecule has 1 aliphatic rings. The SMILES string of the molecule is CCC(CNC)N(CC1CC1)C(C)C. The molecule has 1 unspecified atom stereocenters. The summed E-state index contributed by atoms with van der Waals surface area (Å²) in [6.07, 6.45) is 4.17. The standard InChI is InChI=1S/C12H26N2/c1-5-12(8-13-4)14(10(2)3)9-11-6-7-11/h10-13H,5-9H2,1-4H3. The molecule has 0 aromatic heterocycles. The predicted molar refractivity (Wildman–Crippen MR) is 62.6 cm³/mol. The Hall–Kier alpha value is -0.0800. The fourth-order valence-corrected chi connectivity index (χ4v) is 2.11. The molecule has 0 aliphatic heterocycles. The normalized spacial score (nSPS) is 19.3. The molecular weight excluding hydrogens is 172 g/mol. The Balaban J connectivity index is 2.43. The molecule has 0 saturated heterocycles. The van der Waals surface area contributed by atoms with Crippen molar-refractivity contribution in [2.24, 2.45) is 5.92 Å². The molecule has 14 heavy (non-hydrogen) atoms.